The third-order valence-corrected chi connectivity index (χ3v) is 3.16. The third-order valence-electron chi connectivity index (χ3n) is 2.07. The van der Waals surface area contributed by atoms with E-state index in [-0.39, 0.29) is 5.75 Å². The Labute approximate surface area is 104 Å². The number of aromatic nitrogens is 1. The van der Waals surface area contributed by atoms with Crippen LogP contribution in [0.15, 0.2) is 24.5 Å². The number of carbonyl (C=O) groups is 1. The number of ether oxygens (including phenoxy) is 1. The lowest BCUT2D eigenvalue weighted by molar-refractivity contribution is -0.136. The topological polar surface area (TPSA) is 96.7 Å². The van der Waals surface area contributed by atoms with Gasteiger partial charge < -0.3 is 14.7 Å². The van der Waals surface area contributed by atoms with Gasteiger partial charge in [0.2, 0.25) is 8.03 Å². The maximum absolute atomic E-state index is 11.4. The standard InChI is InChI=1S/C11H12NO5P/c1-2-10(18(15)16)9(13)6-11(14)17-8-4-3-5-12-7-8/h1,3-5,7,9-10,13,18H,6H2,(H,15,16). The van der Waals surface area contributed by atoms with Gasteiger partial charge in [-0.3, -0.25) is 14.3 Å². The molecule has 0 aliphatic heterocycles. The van der Waals surface area contributed by atoms with Crippen molar-refractivity contribution in [3.8, 4) is 18.1 Å². The van der Waals surface area contributed by atoms with Crippen LogP contribution in [0, 0.1) is 12.3 Å². The van der Waals surface area contributed by atoms with E-state index in [0.717, 1.165) is 0 Å². The maximum atomic E-state index is 11.4. The molecular weight excluding hydrogens is 257 g/mol. The van der Waals surface area contributed by atoms with Crippen molar-refractivity contribution in [2.75, 3.05) is 0 Å². The van der Waals surface area contributed by atoms with Crippen molar-refractivity contribution in [1.82, 2.24) is 4.98 Å². The Morgan fingerprint density at radius 3 is 2.89 bits per heavy atom. The molecular formula is C11H12NO5P. The quantitative estimate of drug-likeness (QED) is 0.450. The Bertz CT molecular complexity index is 470. The molecule has 0 amide bonds. The molecule has 0 saturated carbocycles. The molecule has 0 fully saturated rings. The highest BCUT2D eigenvalue weighted by atomic mass is 31.1. The fourth-order valence-corrected chi connectivity index (χ4v) is 1.81. The summed E-state index contributed by atoms with van der Waals surface area (Å²) in [6.45, 7) is 0. The summed E-state index contributed by atoms with van der Waals surface area (Å²) in [5.41, 5.74) is -1.25. The van der Waals surface area contributed by atoms with Gasteiger partial charge in [-0.2, -0.15) is 0 Å². The van der Waals surface area contributed by atoms with E-state index >= 15 is 0 Å². The van der Waals surface area contributed by atoms with Crippen LogP contribution in [0.5, 0.6) is 5.75 Å². The number of hydrogen-bond acceptors (Lipinski definition) is 5. The second-order valence-electron chi connectivity index (χ2n) is 3.42. The van der Waals surface area contributed by atoms with Crippen molar-refractivity contribution in [2.24, 2.45) is 0 Å². The molecule has 1 heterocycles. The molecule has 3 atom stereocenters. The summed E-state index contributed by atoms with van der Waals surface area (Å²) in [6.07, 6.45) is 5.98. The van der Waals surface area contributed by atoms with Crippen LogP contribution >= 0.6 is 8.03 Å². The zero-order valence-corrected chi connectivity index (χ0v) is 10.3. The van der Waals surface area contributed by atoms with Crippen LogP contribution in [-0.2, 0) is 9.36 Å². The number of nitrogens with zero attached hydrogens (tertiary/aromatic N) is 1. The average molecular weight is 269 g/mol. The molecule has 18 heavy (non-hydrogen) atoms. The molecule has 0 radical (unpaired) electrons. The number of aliphatic hydroxyl groups excluding tert-OH is 1. The summed E-state index contributed by atoms with van der Waals surface area (Å²) in [5, 5.41) is 9.53. The minimum atomic E-state index is -3.10. The van der Waals surface area contributed by atoms with E-state index in [4.69, 9.17) is 16.1 Å². The molecule has 1 aromatic rings. The van der Waals surface area contributed by atoms with E-state index in [9.17, 15) is 14.5 Å². The summed E-state index contributed by atoms with van der Waals surface area (Å²) in [5.74, 6) is 1.46. The zero-order valence-electron chi connectivity index (χ0n) is 9.31. The fraction of sp³-hybridized carbons (Fsp3) is 0.273. The summed E-state index contributed by atoms with van der Waals surface area (Å²) in [6, 6.07) is 3.10. The van der Waals surface area contributed by atoms with Gasteiger partial charge in [-0.25, -0.2) is 0 Å². The van der Waals surface area contributed by atoms with Gasteiger partial charge in [-0.15, -0.1) is 6.42 Å². The van der Waals surface area contributed by atoms with Crippen molar-refractivity contribution in [2.45, 2.75) is 18.2 Å². The molecule has 2 N–H and O–H groups in total. The predicted octanol–water partition coefficient (Wildman–Crippen LogP) is 0.207. The predicted molar refractivity (Wildman–Crippen MR) is 64.3 cm³/mol. The van der Waals surface area contributed by atoms with Crippen LogP contribution in [0.3, 0.4) is 0 Å². The normalized spacial score (nSPS) is 15.2. The van der Waals surface area contributed by atoms with Crippen LogP contribution in [0.1, 0.15) is 6.42 Å². The van der Waals surface area contributed by atoms with Crippen molar-refractivity contribution in [3.63, 3.8) is 0 Å². The Kier molecular flexibility index (Phi) is 5.53. The summed E-state index contributed by atoms with van der Waals surface area (Å²) < 4.78 is 15.7. The van der Waals surface area contributed by atoms with Crippen molar-refractivity contribution >= 4 is 14.0 Å². The number of rotatable bonds is 5. The van der Waals surface area contributed by atoms with E-state index in [0.29, 0.717) is 0 Å². The molecule has 0 aliphatic carbocycles. The van der Waals surface area contributed by atoms with Crippen molar-refractivity contribution in [3.05, 3.63) is 24.5 Å². The number of terminal acetylenes is 1. The van der Waals surface area contributed by atoms with E-state index in [1.807, 2.05) is 5.92 Å². The molecule has 0 aliphatic rings. The Morgan fingerprint density at radius 1 is 1.67 bits per heavy atom. The summed E-state index contributed by atoms with van der Waals surface area (Å²) >= 11 is 0. The van der Waals surface area contributed by atoms with Gasteiger partial charge in [0.25, 0.3) is 0 Å². The number of aliphatic hydroxyl groups is 1. The van der Waals surface area contributed by atoms with E-state index < -0.39 is 32.2 Å². The molecule has 3 unspecified atom stereocenters. The van der Waals surface area contributed by atoms with E-state index in [2.05, 4.69) is 4.98 Å². The van der Waals surface area contributed by atoms with Gasteiger partial charge in [-0.1, -0.05) is 5.92 Å². The van der Waals surface area contributed by atoms with Crippen LogP contribution in [-0.4, -0.2) is 32.7 Å². The molecule has 0 spiro atoms. The smallest absolute Gasteiger partial charge is 0.313 e. The Hall–Kier alpha value is -1.67. The highest BCUT2D eigenvalue weighted by Crippen LogP contribution is 2.26. The van der Waals surface area contributed by atoms with Crippen molar-refractivity contribution < 1.29 is 24.1 Å². The molecule has 7 heteroatoms. The lowest BCUT2D eigenvalue weighted by atomic mass is 10.2. The largest absolute Gasteiger partial charge is 0.425 e. The molecule has 1 rings (SSSR count). The summed E-state index contributed by atoms with van der Waals surface area (Å²) in [7, 11) is -3.10. The second-order valence-corrected chi connectivity index (χ2v) is 4.72. The van der Waals surface area contributed by atoms with Gasteiger partial charge in [-0.05, 0) is 12.1 Å². The Balaban J connectivity index is 2.55. The monoisotopic (exact) mass is 269 g/mol. The lowest BCUT2D eigenvalue weighted by Crippen LogP contribution is -2.26. The molecule has 0 bridgehead atoms. The minimum absolute atomic E-state index is 0.226. The van der Waals surface area contributed by atoms with Crippen LogP contribution < -0.4 is 4.74 Å². The minimum Gasteiger partial charge on any atom is -0.425 e. The van der Waals surface area contributed by atoms with E-state index in [1.165, 1.54) is 18.5 Å². The first kappa shape index (κ1) is 14.4. The van der Waals surface area contributed by atoms with Gasteiger partial charge in [0.15, 0.2) is 0 Å². The fourth-order valence-electron chi connectivity index (χ4n) is 1.22. The maximum Gasteiger partial charge on any atom is 0.313 e. The second kappa shape index (κ2) is 6.92. The molecule has 1 aromatic heterocycles. The number of esters is 1. The first-order chi connectivity index (χ1) is 8.54. The first-order valence-corrected chi connectivity index (χ1v) is 6.45. The first-order valence-electron chi connectivity index (χ1n) is 5.02. The van der Waals surface area contributed by atoms with Crippen molar-refractivity contribution in [1.29, 1.82) is 0 Å². The SMILES string of the molecule is C#CC(C(O)CC(=O)Oc1cccnc1)[PH](=O)O. The van der Waals surface area contributed by atoms with Crippen LogP contribution in [0.4, 0.5) is 0 Å². The highest BCUT2D eigenvalue weighted by Gasteiger charge is 2.25. The highest BCUT2D eigenvalue weighted by molar-refractivity contribution is 7.39. The number of pyridine rings is 1. The van der Waals surface area contributed by atoms with Gasteiger partial charge in [0, 0.05) is 6.20 Å². The molecule has 96 valence electrons. The third kappa shape index (κ3) is 4.30. The summed E-state index contributed by atoms with van der Waals surface area (Å²) in [4.78, 5) is 24.0. The molecule has 6 nitrogen and oxygen atoms in total. The lowest BCUT2D eigenvalue weighted by Gasteiger charge is -2.14. The van der Waals surface area contributed by atoms with Gasteiger partial charge in [0.1, 0.15) is 11.4 Å². The van der Waals surface area contributed by atoms with E-state index in [1.54, 1.807) is 6.07 Å². The number of carbonyl (C=O) groups excluding carboxylic acids is 1. The molecule has 0 aromatic carbocycles. The van der Waals surface area contributed by atoms with Crippen LogP contribution in [0.2, 0.25) is 0 Å². The Morgan fingerprint density at radius 2 is 2.39 bits per heavy atom. The molecule has 0 saturated heterocycles. The average Bonchev–Trinajstić information content (AvgIpc) is 2.30. The van der Waals surface area contributed by atoms with Crippen LogP contribution in [0.25, 0.3) is 0 Å². The van der Waals surface area contributed by atoms with Gasteiger partial charge >= 0.3 is 5.97 Å². The number of hydrogen-bond donors (Lipinski definition) is 2. The zero-order chi connectivity index (χ0) is 13.5. The van der Waals surface area contributed by atoms with Gasteiger partial charge in [0.05, 0.1) is 18.7 Å².